The molecule has 5 nitrogen and oxygen atoms in total. The molecule has 26 heavy (non-hydrogen) atoms. The van der Waals surface area contributed by atoms with Gasteiger partial charge in [-0.1, -0.05) is 30.4 Å². The fraction of sp³-hybridized carbons (Fsp3) is 0.238. The maximum Gasteiger partial charge on any atom is 0.251 e. The zero-order valence-electron chi connectivity index (χ0n) is 15.4. The summed E-state index contributed by atoms with van der Waals surface area (Å²) in [4.78, 5) is 24.3. The SMILES string of the molecule is C=CCOc1ccc(C(=O)NCC(=O)Nc2c(C)cc(C)cc2C)cc1. The number of carbonyl (C=O) groups is 2. The number of amides is 2. The normalized spacial score (nSPS) is 10.1. The molecule has 0 aliphatic heterocycles. The molecule has 5 heteroatoms. The molecule has 0 aliphatic rings. The Kier molecular flexibility index (Phi) is 6.55. The van der Waals surface area contributed by atoms with E-state index in [9.17, 15) is 9.59 Å². The van der Waals surface area contributed by atoms with Crippen LogP contribution in [0.2, 0.25) is 0 Å². The lowest BCUT2D eigenvalue weighted by molar-refractivity contribution is -0.115. The number of rotatable bonds is 7. The molecule has 0 radical (unpaired) electrons. The fourth-order valence-corrected chi connectivity index (χ4v) is 2.68. The maximum absolute atomic E-state index is 12.2. The molecule has 0 heterocycles. The molecule has 2 aromatic carbocycles. The van der Waals surface area contributed by atoms with Gasteiger partial charge < -0.3 is 15.4 Å². The summed E-state index contributed by atoms with van der Waals surface area (Å²) in [6, 6.07) is 10.7. The van der Waals surface area contributed by atoms with Crippen molar-refractivity contribution < 1.29 is 14.3 Å². The van der Waals surface area contributed by atoms with Gasteiger partial charge in [-0.2, -0.15) is 0 Å². The molecule has 2 aromatic rings. The van der Waals surface area contributed by atoms with E-state index < -0.39 is 0 Å². The Balaban J connectivity index is 1.91. The molecule has 0 aliphatic carbocycles. The molecule has 2 rings (SSSR count). The van der Waals surface area contributed by atoms with Gasteiger partial charge >= 0.3 is 0 Å². The molecule has 136 valence electrons. The van der Waals surface area contributed by atoms with Crippen LogP contribution in [0.4, 0.5) is 5.69 Å². The minimum Gasteiger partial charge on any atom is -0.490 e. The largest absolute Gasteiger partial charge is 0.490 e. The van der Waals surface area contributed by atoms with Crippen LogP contribution < -0.4 is 15.4 Å². The third kappa shape index (κ3) is 5.21. The van der Waals surface area contributed by atoms with Crippen molar-refractivity contribution in [1.82, 2.24) is 5.32 Å². The van der Waals surface area contributed by atoms with Gasteiger partial charge in [0.2, 0.25) is 5.91 Å². The van der Waals surface area contributed by atoms with Crippen molar-refractivity contribution in [2.45, 2.75) is 20.8 Å². The van der Waals surface area contributed by atoms with Crippen molar-refractivity contribution in [3.05, 3.63) is 71.3 Å². The summed E-state index contributed by atoms with van der Waals surface area (Å²) in [6.45, 7) is 9.80. The first-order valence-electron chi connectivity index (χ1n) is 8.40. The van der Waals surface area contributed by atoms with E-state index in [1.807, 2.05) is 32.9 Å². The molecule has 0 saturated heterocycles. The second kappa shape index (κ2) is 8.85. The molecule has 0 saturated carbocycles. The number of hydrogen-bond donors (Lipinski definition) is 2. The molecule has 0 fully saturated rings. The molecular weight excluding hydrogens is 328 g/mol. The van der Waals surface area contributed by atoms with E-state index >= 15 is 0 Å². The molecule has 0 bridgehead atoms. The molecule has 0 atom stereocenters. The Morgan fingerprint density at radius 2 is 1.69 bits per heavy atom. The summed E-state index contributed by atoms with van der Waals surface area (Å²) >= 11 is 0. The minimum atomic E-state index is -0.312. The lowest BCUT2D eigenvalue weighted by atomic mass is 10.1. The van der Waals surface area contributed by atoms with E-state index in [0.29, 0.717) is 17.9 Å². The first-order chi connectivity index (χ1) is 12.4. The number of nitrogens with one attached hydrogen (secondary N) is 2. The Bertz CT molecular complexity index is 788. The minimum absolute atomic E-state index is 0.0969. The summed E-state index contributed by atoms with van der Waals surface area (Å²) in [5.41, 5.74) is 4.39. The molecule has 0 unspecified atom stereocenters. The zero-order valence-corrected chi connectivity index (χ0v) is 15.4. The summed E-state index contributed by atoms with van der Waals surface area (Å²) < 4.78 is 5.37. The van der Waals surface area contributed by atoms with Crippen LogP contribution in [0.1, 0.15) is 27.0 Å². The van der Waals surface area contributed by atoms with Crippen molar-refractivity contribution in [3.63, 3.8) is 0 Å². The van der Waals surface area contributed by atoms with Crippen LogP contribution in [0.25, 0.3) is 0 Å². The van der Waals surface area contributed by atoms with Crippen LogP contribution in [0.5, 0.6) is 5.75 Å². The van der Waals surface area contributed by atoms with E-state index in [1.54, 1.807) is 30.3 Å². The highest BCUT2D eigenvalue weighted by molar-refractivity contribution is 5.99. The van der Waals surface area contributed by atoms with Crippen LogP contribution in [-0.2, 0) is 4.79 Å². The van der Waals surface area contributed by atoms with Gasteiger partial charge in [0.1, 0.15) is 12.4 Å². The van der Waals surface area contributed by atoms with Crippen LogP contribution in [-0.4, -0.2) is 25.0 Å². The Hall–Kier alpha value is -3.08. The van der Waals surface area contributed by atoms with Crippen molar-refractivity contribution in [3.8, 4) is 5.75 Å². The summed E-state index contributed by atoms with van der Waals surface area (Å²) in [5, 5.41) is 5.49. The van der Waals surface area contributed by atoms with Crippen LogP contribution in [0.15, 0.2) is 49.1 Å². The highest BCUT2D eigenvalue weighted by atomic mass is 16.5. The van der Waals surface area contributed by atoms with Gasteiger partial charge in [0, 0.05) is 11.3 Å². The molecule has 2 N–H and O–H groups in total. The average Bonchev–Trinajstić information content (AvgIpc) is 2.61. The second-order valence-corrected chi connectivity index (χ2v) is 6.13. The Morgan fingerprint density at radius 3 is 2.27 bits per heavy atom. The lowest BCUT2D eigenvalue weighted by Gasteiger charge is -2.13. The number of carbonyl (C=O) groups excluding carboxylic acids is 2. The van der Waals surface area contributed by atoms with Crippen LogP contribution in [0, 0.1) is 20.8 Å². The smallest absolute Gasteiger partial charge is 0.251 e. The van der Waals surface area contributed by atoms with Crippen molar-refractivity contribution in [2.24, 2.45) is 0 Å². The number of hydrogen-bond acceptors (Lipinski definition) is 3. The third-order valence-corrected chi connectivity index (χ3v) is 3.84. The number of ether oxygens (including phenoxy) is 1. The van der Waals surface area contributed by atoms with E-state index in [1.165, 1.54) is 0 Å². The number of anilines is 1. The lowest BCUT2D eigenvalue weighted by Crippen LogP contribution is -2.33. The standard InChI is InChI=1S/C21H24N2O3/c1-5-10-26-18-8-6-17(7-9-18)21(25)22-13-19(24)23-20-15(3)11-14(2)12-16(20)4/h5-9,11-12H,1,10,13H2,2-4H3,(H,22,25)(H,23,24). The summed E-state index contributed by atoms with van der Waals surface area (Å²) in [7, 11) is 0. The van der Waals surface area contributed by atoms with E-state index in [4.69, 9.17) is 4.74 Å². The van der Waals surface area contributed by atoms with Gasteiger partial charge in [-0.25, -0.2) is 0 Å². The highest BCUT2D eigenvalue weighted by Crippen LogP contribution is 2.21. The quantitative estimate of drug-likeness (QED) is 0.749. The monoisotopic (exact) mass is 352 g/mol. The van der Waals surface area contributed by atoms with E-state index in [-0.39, 0.29) is 18.4 Å². The van der Waals surface area contributed by atoms with Gasteiger partial charge in [0.15, 0.2) is 0 Å². The third-order valence-electron chi connectivity index (χ3n) is 3.84. The molecule has 0 aromatic heterocycles. The number of benzene rings is 2. The van der Waals surface area contributed by atoms with Crippen LogP contribution >= 0.6 is 0 Å². The second-order valence-electron chi connectivity index (χ2n) is 6.13. The van der Waals surface area contributed by atoms with Crippen LogP contribution in [0.3, 0.4) is 0 Å². The van der Waals surface area contributed by atoms with Gasteiger partial charge in [-0.3, -0.25) is 9.59 Å². The summed E-state index contributed by atoms with van der Waals surface area (Å²) in [6.07, 6.45) is 1.65. The molecular formula is C21H24N2O3. The van der Waals surface area contributed by atoms with Gasteiger partial charge in [0.05, 0.1) is 6.54 Å². The topological polar surface area (TPSA) is 67.4 Å². The average molecular weight is 352 g/mol. The maximum atomic E-state index is 12.2. The number of aryl methyl sites for hydroxylation is 3. The predicted octanol–water partition coefficient (Wildman–Crippen LogP) is 3.55. The molecule has 0 spiro atoms. The Labute approximate surface area is 154 Å². The fourth-order valence-electron chi connectivity index (χ4n) is 2.68. The Morgan fingerprint density at radius 1 is 1.08 bits per heavy atom. The molecule has 2 amide bonds. The van der Waals surface area contributed by atoms with E-state index in [0.717, 1.165) is 22.4 Å². The predicted molar refractivity (Wildman–Crippen MR) is 104 cm³/mol. The summed E-state index contributed by atoms with van der Waals surface area (Å²) in [5.74, 6) is 0.0802. The van der Waals surface area contributed by atoms with E-state index in [2.05, 4.69) is 17.2 Å². The van der Waals surface area contributed by atoms with Crippen molar-refractivity contribution in [1.29, 1.82) is 0 Å². The zero-order chi connectivity index (χ0) is 19.1. The van der Waals surface area contributed by atoms with Crippen molar-refractivity contribution >= 4 is 17.5 Å². The van der Waals surface area contributed by atoms with Crippen molar-refractivity contribution in [2.75, 3.05) is 18.5 Å². The first-order valence-corrected chi connectivity index (χ1v) is 8.40. The van der Waals surface area contributed by atoms with Gasteiger partial charge in [-0.05, 0) is 56.2 Å². The van der Waals surface area contributed by atoms with Gasteiger partial charge in [-0.15, -0.1) is 0 Å². The van der Waals surface area contributed by atoms with Gasteiger partial charge in [0.25, 0.3) is 5.91 Å². The highest BCUT2D eigenvalue weighted by Gasteiger charge is 2.11. The first kappa shape index (κ1) is 19.2.